The summed E-state index contributed by atoms with van der Waals surface area (Å²) < 4.78 is 1.04. The minimum absolute atomic E-state index is 0.0344. The molecule has 1 aromatic carbocycles. The summed E-state index contributed by atoms with van der Waals surface area (Å²) >= 11 is 6.72. The van der Waals surface area contributed by atoms with E-state index in [-0.39, 0.29) is 16.8 Å². The molecule has 88 valence electrons. The van der Waals surface area contributed by atoms with Gasteiger partial charge in [0.05, 0.1) is 10.9 Å². The standard InChI is InChI=1S/C12H15Br2NO/c1-3-11(14)12(16)15-8(2)9-4-6-10(13)7-5-9/h4-8,11H,3H2,1-2H3,(H,15,16). The quantitative estimate of drug-likeness (QED) is 0.824. The highest BCUT2D eigenvalue weighted by Gasteiger charge is 2.15. The topological polar surface area (TPSA) is 29.1 Å². The molecule has 0 fully saturated rings. The average molecular weight is 349 g/mol. The summed E-state index contributed by atoms with van der Waals surface area (Å²) in [6.45, 7) is 3.96. The van der Waals surface area contributed by atoms with Gasteiger partial charge in [-0.2, -0.15) is 0 Å². The second kappa shape index (κ2) is 6.40. The van der Waals surface area contributed by atoms with Gasteiger partial charge < -0.3 is 5.32 Å². The van der Waals surface area contributed by atoms with Crippen molar-refractivity contribution in [2.45, 2.75) is 31.1 Å². The molecule has 0 aliphatic rings. The molecule has 0 aliphatic carbocycles. The number of hydrogen-bond acceptors (Lipinski definition) is 1. The van der Waals surface area contributed by atoms with Crippen LogP contribution >= 0.6 is 31.9 Å². The Bertz CT molecular complexity index is 351. The lowest BCUT2D eigenvalue weighted by atomic mass is 10.1. The van der Waals surface area contributed by atoms with Crippen molar-refractivity contribution in [1.29, 1.82) is 0 Å². The maximum absolute atomic E-state index is 11.7. The van der Waals surface area contributed by atoms with E-state index in [2.05, 4.69) is 37.2 Å². The van der Waals surface area contributed by atoms with Crippen LogP contribution in [0.2, 0.25) is 0 Å². The van der Waals surface area contributed by atoms with E-state index in [4.69, 9.17) is 0 Å². The molecule has 0 heterocycles. The van der Waals surface area contributed by atoms with Crippen LogP contribution in [0, 0.1) is 0 Å². The van der Waals surface area contributed by atoms with Crippen LogP contribution in [0.4, 0.5) is 0 Å². The number of carbonyl (C=O) groups is 1. The zero-order valence-corrected chi connectivity index (χ0v) is 12.5. The van der Waals surface area contributed by atoms with E-state index in [1.807, 2.05) is 38.1 Å². The minimum Gasteiger partial charge on any atom is -0.349 e. The van der Waals surface area contributed by atoms with Crippen LogP contribution in [0.3, 0.4) is 0 Å². The number of halogens is 2. The van der Waals surface area contributed by atoms with Crippen LogP contribution in [0.15, 0.2) is 28.7 Å². The summed E-state index contributed by atoms with van der Waals surface area (Å²) in [7, 11) is 0. The predicted molar refractivity (Wildman–Crippen MR) is 73.7 cm³/mol. The Morgan fingerprint density at radius 1 is 1.38 bits per heavy atom. The molecule has 1 N–H and O–H groups in total. The summed E-state index contributed by atoms with van der Waals surface area (Å²) in [5.74, 6) is 0.0397. The first-order chi connectivity index (χ1) is 7.54. The molecule has 0 radical (unpaired) electrons. The smallest absolute Gasteiger partial charge is 0.234 e. The summed E-state index contributed by atoms with van der Waals surface area (Å²) in [5, 5.41) is 2.97. The van der Waals surface area contributed by atoms with Crippen molar-refractivity contribution in [3.05, 3.63) is 34.3 Å². The molecule has 0 aliphatic heterocycles. The highest BCUT2D eigenvalue weighted by atomic mass is 79.9. The molecule has 4 heteroatoms. The Hall–Kier alpha value is -0.350. The van der Waals surface area contributed by atoms with Gasteiger partial charge in [-0.15, -0.1) is 0 Å². The average Bonchev–Trinajstić information content (AvgIpc) is 2.28. The van der Waals surface area contributed by atoms with Crippen LogP contribution in [0.25, 0.3) is 0 Å². The summed E-state index contributed by atoms with van der Waals surface area (Å²) in [4.78, 5) is 11.6. The van der Waals surface area contributed by atoms with Gasteiger partial charge in [-0.05, 0) is 31.0 Å². The van der Waals surface area contributed by atoms with E-state index in [9.17, 15) is 4.79 Å². The molecule has 0 saturated heterocycles. The lowest BCUT2D eigenvalue weighted by molar-refractivity contribution is -0.121. The Morgan fingerprint density at radius 3 is 2.44 bits per heavy atom. The Balaban J connectivity index is 2.62. The zero-order chi connectivity index (χ0) is 12.1. The van der Waals surface area contributed by atoms with Crippen molar-refractivity contribution < 1.29 is 4.79 Å². The zero-order valence-electron chi connectivity index (χ0n) is 9.34. The molecule has 1 rings (SSSR count). The minimum atomic E-state index is -0.106. The molecule has 1 amide bonds. The number of rotatable bonds is 4. The highest BCUT2D eigenvalue weighted by Crippen LogP contribution is 2.17. The molecule has 0 spiro atoms. The molecular formula is C12H15Br2NO. The van der Waals surface area contributed by atoms with Gasteiger partial charge in [-0.3, -0.25) is 4.79 Å². The van der Waals surface area contributed by atoms with Gasteiger partial charge in [-0.1, -0.05) is 50.9 Å². The van der Waals surface area contributed by atoms with Crippen molar-refractivity contribution >= 4 is 37.8 Å². The van der Waals surface area contributed by atoms with Crippen LogP contribution in [0.5, 0.6) is 0 Å². The fourth-order valence-electron chi connectivity index (χ4n) is 1.32. The highest BCUT2D eigenvalue weighted by molar-refractivity contribution is 9.10. The molecule has 1 aromatic rings. The predicted octanol–water partition coefficient (Wildman–Crippen LogP) is 3.80. The largest absolute Gasteiger partial charge is 0.349 e. The Kier molecular flexibility index (Phi) is 5.49. The van der Waals surface area contributed by atoms with Crippen molar-refractivity contribution in [3.63, 3.8) is 0 Å². The molecule has 2 atom stereocenters. The van der Waals surface area contributed by atoms with Crippen molar-refractivity contribution in [1.82, 2.24) is 5.32 Å². The van der Waals surface area contributed by atoms with Gasteiger partial charge >= 0.3 is 0 Å². The maximum Gasteiger partial charge on any atom is 0.234 e. The van der Waals surface area contributed by atoms with E-state index >= 15 is 0 Å². The summed E-state index contributed by atoms with van der Waals surface area (Å²) in [6, 6.07) is 7.99. The third-order valence-electron chi connectivity index (χ3n) is 2.37. The van der Waals surface area contributed by atoms with Crippen LogP contribution < -0.4 is 5.32 Å². The lowest BCUT2D eigenvalue weighted by Gasteiger charge is -2.16. The Labute approximate surface area is 113 Å². The number of amides is 1. The number of benzene rings is 1. The Morgan fingerprint density at radius 2 is 1.94 bits per heavy atom. The normalized spacial score (nSPS) is 14.2. The van der Waals surface area contributed by atoms with Crippen LogP contribution in [-0.4, -0.2) is 10.7 Å². The van der Waals surface area contributed by atoms with Gasteiger partial charge in [0.1, 0.15) is 0 Å². The molecule has 0 saturated carbocycles. The van der Waals surface area contributed by atoms with Gasteiger partial charge in [-0.25, -0.2) is 0 Å². The van der Waals surface area contributed by atoms with Gasteiger partial charge in [0, 0.05) is 4.47 Å². The van der Waals surface area contributed by atoms with Crippen molar-refractivity contribution in [3.8, 4) is 0 Å². The summed E-state index contributed by atoms with van der Waals surface area (Å²) in [6.07, 6.45) is 0.791. The van der Waals surface area contributed by atoms with Gasteiger partial charge in [0.15, 0.2) is 0 Å². The van der Waals surface area contributed by atoms with E-state index < -0.39 is 0 Å². The third-order valence-corrected chi connectivity index (χ3v) is 3.96. The molecule has 16 heavy (non-hydrogen) atoms. The molecule has 0 bridgehead atoms. The fraction of sp³-hybridized carbons (Fsp3) is 0.417. The number of alkyl halides is 1. The first kappa shape index (κ1) is 13.7. The van der Waals surface area contributed by atoms with Gasteiger partial charge in [0.2, 0.25) is 5.91 Å². The summed E-state index contributed by atoms with van der Waals surface area (Å²) in [5.41, 5.74) is 1.10. The van der Waals surface area contributed by atoms with Crippen molar-refractivity contribution in [2.24, 2.45) is 0 Å². The SMILES string of the molecule is CCC(Br)C(=O)NC(C)c1ccc(Br)cc1. The van der Waals surface area contributed by atoms with E-state index in [1.54, 1.807) is 0 Å². The van der Waals surface area contributed by atoms with Crippen LogP contribution in [-0.2, 0) is 4.79 Å². The second-order valence-corrected chi connectivity index (χ2v) is 5.68. The van der Waals surface area contributed by atoms with E-state index in [0.717, 1.165) is 16.5 Å². The maximum atomic E-state index is 11.7. The van der Waals surface area contributed by atoms with E-state index in [0.29, 0.717) is 0 Å². The molecule has 2 nitrogen and oxygen atoms in total. The fourth-order valence-corrected chi connectivity index (χ4v) is 1.72. The van der Waals surface area contributed by atoms with Gasteiger partial charge in [0.25, 0.3) is 0 Å². The second-order valence-electron chi connectivity index (χ2n) is 3.66. The van der Waals surface area contributed by atoms with Crippen LogP contribution in [0.1, 0.15) is 31.9 Å². The third kappa shape index (κ3) is 3.91. The first-order valence-electron chi connectivity index (χ1n) is 5.24. The monoisotopic (exact) mass is 347 g/mol. The molecular weight excluding hydrogens is 334 g/mol. The molecule has 0 aromatic heterocycles. The lowest BCUT2D eigenvalue weighted by Crippen LogP contribution is -2.32. The van der Waals surface area contributed by atoms with E-state index in [1.165, 1.54) is 0 Å². The van der Waals surface area contributed by atoms with Crippen molar-refractivity contribution in [2.75, 3.05) is 0 Å². The number of hydrogen-bond donors (Lipinski definition) is 1. The number of nitrogens with one attached hydrogen (secondary N) is 1. The number of carbonyl (C=O) groups excluding carboxylic acids is 1. The first-order valence-corrected chi connectivity index (χ1v) is 6.95. The molecule has 2 unspecified atom stereocenters.